The first-order valence-corrected chi connectivity index (χ1v) is 42.8. The number of rotatable bonds is 14. The van der Waals surface area contributed by atoms with E-state index in [-0.39, 0.29) is 12.1 Å². The standard InChI is InChI=1S/2C24H20B.2C18H26N3.3C6H12/c2*1-5-13-21(14-6-1)25(22-15-7-2-8-16-22,23-17-9-3-10-18-23)24-19-11-4-12-20-24;2*1-14(2)20-12-18(15-8-4-3-5-9-15)21(13-20)17-11-7-6-10-16(17)19;3*1-2-4-6-5-3-1/h2*1-20H;2*3-5,8-9,12-14,16-17H,6-7,10-11,19H2,1-2H3;3*1-6H2/q2*-1;2*+1;;;/t;;2*16-,17-;;;/m..11.../s1. The van der Waals surface area contributed by atoms with Gasteiger partial charge in [0.2, 0.25) is 12.7 Å². The Bertz CT molecular complexity index is 3750. The molecule has 2 heterocycles. The van der Waals surface area contributed by atoms with Crippen LogP contribution in [0.3, 0.4) is 0 Å². The van der Waals surface area contributed by atoms with E-state index in [1.165, 1.54) is 220 Å². The van der Waals surface area contributed by atoms with Gasteiger partial charge < -0.3 is 11.5 Å². The molecule has 5 fully saturated rings. The fourth-order valence-corrected chi connectivity index (χ4v) is 18.0. The number of nitrogens with zero attached hydrogens (tertiary/aromatic N) is 4. The lowest BCUT2D eigenvalue weighted by molar-refractivity contribution is -0.715. The van der Waals surface area contributed by atoms with Crippen LogP contribution in [-0.4, -0.2) is 33.5 Å². The zero-order valence-corrected chi connectivity index (χ0v) is 67.1. The second kappa shape index (κ2) is 43.9. The number of hydrogen-bond donors (Lipinski definition) is 2. The van der Waals surface area contributed by atoms with Gasteiger partial charge in [0, 0.05) is 23.2 Å². The van der Waals surface area contributed by atoms with Gasteiger partial charge >= 0.3 is 0 Å². The van der Waals surface area contributed by atoms with E-state index in [1.807, 2.05) is 0 Å². The molecule has 110 heavy (non-hydrogen) atoms. The minimum Gasteiger partial charge on any atom is -0.324 e. The van der Waals surface area contributed by atoms with Gasteiger partial charge in [-0.1, -0.05) is 432 Å². The van der Waals surface area contributed by atoms with Crippen molar-refractivity contribution in [3.05, 3.63) is 328 Å². The minimum atomic E-state index is -1.22. The number of aromatic nitrogens is 4. The minimum absolute atomic E-state index is 0.272. The highest BCUT2D eigenvalue weighted by Crippen LogP contribution is 2.34. The first-order chi connectivity index (χ1) is 54.2. The Morgan fingerprint density at radius 2 is 0.418 bits per heavy atom. The van der Waals surface area contributed by atoms with Crippen LogP contribution in [0.5, 0.6) is 0 Å². The van der Waals surface area contributed by atoms with Crippen molar-refractivity contribution in [1.82, 2.24) is 9.13 Å². The van der Waals surface area contributed by atoms with Gasteiger partial charge in [-0.2, -0.15) is 43.7 Å². The molecule has 0 bridgehead atoms. The van der Waals surface area contributed by atoms with Crippen LogP contribution in [0, 0.1) is 0 Å². The molecule has 6 nitrogen and oxygen atoms in total. The van der Waals surface area contributed by atoms with Crippen LogP contribution < -0.4 is 64.3 Å². The summed E-state index contributed by atoms with van der Waals surface area (Å²) >= 11 is 0. The lowest BCUT2D eigenvalue weighted by atomic mass is 9.13. The van der Waals surface area contributed by atoms with Gasteiger partial charge in [0.05, 0.1) is 12.1 Å². The molecule has 0 aliphatic heterocycles. The predicted octanol–water partition coefficient (Wildman–Crippen LogP) is 20.1. The van der Waals surface area contributed by atoms with Crippen molar-refractivity contribution in [2.75, 3.05) is 0 Å². The topological polar surface area (TPSA) is 69.7 Å². The third-order valence-electron chi connectivity index (χ3n) is 24.1. The van der Waals surface area contributed by atoms with Crippen LogP contribution in [-0.2, 0) is 0 Å². The van der Waals surface area contributed by atoms with Gasteiger partial charge in [0.25, 0.3) is 0 Å². The first-order valence-electron chi connectivity index (χ1n) is 42.8. The number of imidazole rings is 2. The molecule has 5 aliphatic carbocycles. The van der Waals surface area contributed by atoms with Crippen molar-refractivity contribution >= 4 is 56.0 Å². The Morgan fingerprint density at radius 3 is 0.591 bits per heavy atom. The first kappa shape index (κ1) is 81.7. The van der Waals surface area contributed by atoms with E-state index < -0.39 is 12.3 Å². The average Bonchev–Trinajstić information content (AvgIpc) is 0.837. The molecule has 5 saturated carbocycles. The zero-order valence-electron chi connectivity index (χ0n) is 67.1. The van der Waals surface area contributed by atoms with Crippen LogP contribution in [0.25, 0.3) is 22.5 Å². The van der Waals surface area contributed by atoms with Crippen LogP contribution in [0.15, 0.2) is 328 Å². The highest BCUT2D eigenvalue weighted by atomic mass is 15.2. The van der Waals surface area contributed by atoms with Crippen LogP contribution in [0.2, 0.25) is 0 Å². The summed E-state index contributed by atoms with van der Waals surface area (Å²) < 4.78 is 9.42. The van der Waals surface area contributed by atoms with Crippen molar-refractivity contribution in [1.29, 1.82) is 0 Å². The molecule has 4 atom stereocenters. The van der Waals surface area contributed by atoms with Gasteiger partial charge in [-0.25, -0.2) is 18.3 Å². The maximum atomic E-state index is 6.41. The molecule has 0 amide bonds. The maximum absolute atomic E-state index is 6.41. The van der Waals surface area contributed by atoms with E-state index in [0.29, 0.717) is 24.2 Å². The Hall–Kier alpha value is -9.33. The number of benzene rings is 10. The molecule has 5 aliphatic rings. The maximum Gasteiger partial charge on any atom is 0.244 e. The van der Waals surface area contributed by atoms with Crippen LogP contribution in [0.4, 0.5) is 0 Å². The molecule has 0 spiro atoms. The SMILES string of the molecule is C1CCCCC1.C1CCCCC1.C1CCCCC1.CC(C)[n+]1cc(-c2ccccc2)n([C@@H]2CCCC[C@H]2N)c1.CC(C)[n+]1cc(-c2ccccc2)n([C@@H]2CCCC[C@H]2N)c1.c1ccc([B-](c2ccccc2)(c2ccccc2)c2ccccc2)cc1.c1ccc([B-](c2ccccc2)(c2ccccc2)c2ccccc2)cc1. The summed E-state index contributed by atoms with van der Waals surface area (Å²) in [5.41, 5.74) is 28.7. The van der Waals surface area contributed by atoms with E-state index >= 15 is 0 Å². The lowest BCUT2D eigenvalue weighted by Crippen LogP contribution is -2.74. The van der Waals surface area contributed by atoms with Crippen LogP contribution >= 0.6 is 0 Å². The molecule has 4 N–H and O–H groups in total. The third-order valence-corrected chi connectivity index (χ3v) is 24.1. The summed E-state index contributed by atoms with van der Waals surface area (Å²) in [6.45, 7) is 8.89. The Balaban J connectivity index is 0.000000135. The highest BCUT2D eigenvalue weighted by Gasteiger charge is 2.35. The van der Waals surface area contributed by atoms with Gasteiger partial charge in [-0.3, -0.25) is 0 Å². The van der Waals surface area contributed by atoms with Crippen molar-refractivity contribution in [2.45, 2.75) is 231 Å². The number of hydrogen-bond acceptors (Lipinski definition) is 2. The van der Waals surface area contributed by atoms with Crippen molar-refractivity contribution in [3.8, 4) is 22.5 Å². The van der Waals surface area contributed by atoms with Gasteiger partial charge in [0.1, 0.15) is 36.8 Å². The summed E-state index contributed by atoms with van der Waals surface area (Å²) in [6, 6.07) is 111. The second-order valence-electron chi connectivity index (χ2n) is 32.3. The van der Waals surface area contributed by atoms with E-state index in [2.05, 4.69) is 374 Å². The molecule has 0 saturated heterocycles. The zero-order chi connectivity index (χ0) is 76.3. The molecule has 17 rings (SSSR count). The van der Waals surface area contributed by atoms with E-state index in [1.54, 1.807) is 0 Å². The molecule has 572 valence electrons. The lowest BCUT2D eigenvalue weighted by Gasteiger charge is -2.44. The van der Waals surface area contributed by atoms with Crippen molar-refractivity contribution in [3.63, 3.8) is 0 Å². The van der Waals surface area contributed by atoms with Crippen molar-refractivity contribution in [2.24, 2.45) is 11.5 Å². The van der Waals surface area contributed by atoms with E-state index in [0.717, 1.165) is 12.8 Å². The monoisotopic (exact) mass is 1460 g/mol. The molecule has 8 heteroatoms. The number of nitrogens with two attached hydrogens (primary N) is 2. The summed E-state index contributed by atoms with van der Waals surface area (Å²) in [4.78, 5) is 0. The average molecular weight is 1460 g/mol. The quantitative estimate of drug-likeness (QED) is 0.0841. The smallest absolute Gasteiger partial charge is 0.244 e. The van der Waals surface area contributed by atoms with E-state index in [4.69, 9.17) is 11.5 Å². The fourth-order valence-electron chi connectivity index (χ4n) is 18.0. The van der Waals surface area contributed by atoms with Crippen molar-refractivity contribution < 1.29 is 9.13 Å². The Kier molecular flexibility index (Phi) is 32.6. The van der Waals surface area contributed by atoms with Gasteiger partial charge in [-0.05, 0) is 66.2 Å². The molecular weight excluding hydrogens is 1330 g/mol. The Labute approximate surface area is 663 Å². The van der Waals surface area contributed by atoms with Gasteiger partial charge in [0.15, 0.2) is 11.4 Å². The summed E-state index contributed by atoms with van der Waals surface area (Å²) in [5, 5.41) is 0. The third kappa shape index (κ3) is 22.0. The summed E-state index contributed by atoms with van der Waals surface area (Å²) in [6.07, 6.45) is 43.4. The molecule has 0 radical (unpaired) electrons. The van der Waals surface area contributed by atoms with E-state index in [9.17, 15) is 0 Å². The van der Waals surface area contributed by atoms with Crippen LogP contribution in [0.1, 0.15) is 219 Å². The predicted molar refractivity (Wildman–Crippen MR) is 475 cm³/mol. The normalized spacial score (nSPS) is 17.7. The van der Waals surface area contributed by atoms with Gasteiger partial charge in [-0.15, -0.1) is 0 Å². The highest BCUT2D eigenvalue weighted by molar-refractivity contribution is 7.20. The molecule has 10 aromatic carbocycles. The molecule has 12 aromatic rings. The molecular formula is C102H128B2N6. The molecule has 0 unspecified atom stereocenters. The summed E-state index contributed by atoms with van der Waals surface area (Å²) in [7, 11) is 0. The second-order valence-corrected chi connectivity index (χ2v) is 32.3. The molecule has 2 aromatic heterocycles. The largest absolute Gasteiger partial charge is 0.324 e. The Morgan fingerprint density at radius 1 is 0.245 bits per heavy atom. The summed E-state index contributed by atoms with van der Waals surface area (Å²) in [5.74, 6) is 0. The fraction of sp³-hybridized carbons (Fsp3) is 0.353.